The number of aliphatic hydroxyl groups is 1. The van der Waals surface area contributed by atoms with E-state index in [1.165, 1.54) is 6.33 Å². The van der Waals surface area contributed by atoms with Crippen molar-refractivity contribution in [2.75, 3.05) is 6.61 Å². The first-order valence-corrected chi connectivity index (χ1v) is 8.51. The molecule has 5 nitrogen and oxygen atoms in total. The van der Waals surface area contributed by atoms with E-state index in [0.717, 1.165) is 5.56 Å². The lowest BCUT2D eigenvalue weighted by Gasteiger charge is -2.35. The van der Waals surface area contributed by atoms with Crippen molar-refractivity contribution in [2.45, 2.75) is 17.7 Å². The van der Waals surface area contributed by atoms with Crippen LogP contribution in [0.5, 0.6) is 0 Å². The molecule has 2 heterocycles. The first kappa shape index (κ1) is 16.5. The average molecular weight is 376 g/mol. The van der Waals surface area contributed by atoms with E-state index in [1.54, 1.807) is 41.3 Å². The zero-order chi connectivity index (χ0) is 17.5. The molecule has 2 atom stereocenters. The van der Waals surface area contributed by atoms with Gasteiger partial charge in [-0.05, 0) is 23.8 Å². The van der Waals surface area contributed by atoms with Crippen molar-refractivity contribution >= 4 is 23.2 Å². The van der Waals surface area contributed by atoms with E-state index in [-0.39, 0.29) is 6.54 Å². The maximum atomic E-state index is 11.8. The first-order valence-electron chi connectivity index (χ1n) is 7.75. The van der Waals surface area contributed by atoms with Crippen LogP contribution < -0.4 is 0 Å². The molecule has 1 saturated heterocycles. The van der Waals surface area contributed by atoms with Crippen LogP contribution in [0.1, 0.15) is 11.1 Å². The molecular weight excluding hydrogens is 361 g/mol. The van der Waals surface area contributed by atoms with Crippen LogP contribution in [0, 0.1) is 0 Å². The van der Waals surface area contributed by atoms with Crippen LogP contribution in [0.3, 0.4) is 0 Å². The number of halogens is 2. The second-order valence-electron chi connectivity index (χ2n) is 6.06. The van der Waals surface area contributed by atoms with Crippen molar-refractivity contribution in [1.29, 1.82) is 0 Å². The summed E-state index contributed by atoms with van der Waals surface area (Å²) < 4.78 is 7.41. The number of aromatic nitrogens is 3. The number of rotatable bonds is 5. The number of nitrogens with zero attached hydrogens (tertiary/aromatic N) is 3. The lowest BCUT2D eigenvalue weighted by Crippen LogP contribution is -2.45. The Kier molecular flexibility index (Phi) is 4.04. The van der Waals surface area contributed by atoms with E-state index in [2.05, 4.69) is 10.1 Å². The second kappa shape index (κ2) is 6.11. The number of benzene rings is 2. The minimum atomic E-state index is -1.39. The summed E-state index contributed by atoms with van der Waals surface area (Å²) in [4.78, 5) is 3.96. The van der Waals surface area contributed by atoms with Gasteiger partial charge >= 0.3 is 0 Å². The van der Waals surface area contributed by atoms with Gasteiger partial charge in [-0.1, -0.05) is 53.5 Å². The summed E-state index contributed by atoms with van der Waals surface area (Å²) in [7, 11) is 0. The minimum absolute atomic E-state index is 0.167. The molecule has 1 fully saturated rings. The molecule has 3 aromatic rings. The maximum Gasteiger partial charge on any atom is 0.152 e. The molecule has 1 aliphatic rings. The molecular formula is C18H15Cl2N3O2. The summed E-state index contributed by atoms with van der Waals surface area (Å²) in [6, 6.07) is 14.5. The van der Waals surface area contributed by atoms with Crippen molar-refractivity contribution in [3.8, 4) is 0 Å². The zero-order valence-electron chi connectivity index (χ0n) is 13.1. The van der Waals surface area contributed by atoms with E-state index < -0.39 is 11.2 Å². The molecule has 2 unspecified atom stereocenters. The fourth-order valence-electron chi connectivity index (χ4n) is 3.20. The van der Waals surface area contributed by atoms with Crippen LogP contribution in [0.25, 0.3) is 0 Å². The third-order valence-corrected chi connectivity index (χ3v) is 5.17. The standard InChI is InChI=1S/C18H15Cl2N3O2/c19-14-7-5-13(6-8-14)17(24,9-23-12-21-11-22-23)18(10-25-18)15-3-1-2-4-16(15)20/h1-8,11-12,24H,9-10H2. The molecule has 2 aromatic carbocycles. The van der Waals surface area contributed by atoms with Gasteiger partial charge in [-0.15, -0.1) is 0 Å². The molecule has 128 valence electrons. The minimum Gasteiger partial charge on any atom is -0.380 e. The fraction of sp³-hybridized carbons (Fsp3) is 0.222. The summed E-state index contributed by atoms with van der Waals surface area (Å²) in [6.07, 6.45) is 2.99. The number of hydrogen-bond donors (Lipinski definition) is 1. The van der Waals surface area contributed by atoms with Gasteiger partial charge in [-0.3, -0.25) is 0 Å². The van der Waals surface area contributed by atoms with Crippen LogP contribution in [-0.4, -0.2) is 26.5 Å². The number of epoxide rings is 1. The zero-order valence-corrected chi connectivity index (χ0v) is 14.7. The highest BCUT2D eigenvalue weighted by molar-refractivity contribution is 6.31. The Morgan fingerprint density at radius 2 is 1.88 bits per heavy atom. The summed E-state index contributed by atoms with van der Waals surface area (Å²) in [5.41, 5.74) is -0.930. The largest absolute Gasteiger partial charge is 0.380 e. The van der Waals surface area contributed by atoms with E-state index in [1.807, 2.05) is 18.2 Å². The summed E-state index contributed by atoms with van der Waals surface area (Å²) in [6.45, 7) is 0.518. The van der Waals surface area contributed by atoms with E-state index >= 15 is 0 Å². The molecule has 1 aromatic heterocycles. The van der Waals surface area contributed by atoms with Crippen LogP contribution in [0.15, 0.2) is 61.2 Å². The van der Waals surface area contributed by atoms with Crippen LogP contribution in [-0.2, 0) is 22.5 Å². The smallest absolute Gasteiger partial charge is 0.152 e. The van der Waals surface area contributed by atoms with E-state index in [4.69, 9.17) is 27.9 Å². The van der Waals surface area contributed by atoms with Crippen LogP contribution in [0.4, 0.5) is 0 Å². The molecule has 0 saturated carbocycles. The van der Waals surface area contributed by atoms with Gasteiger partial charge < -0.3 is 9.84 Å². The second-order valence-corrected chi connectivity index (χ2v) is 6.90. The molecule has 0 bridgehead atoms. The maximum absolute atomic E-state index is 11.8. The van der Waals surface area contributed by atoms with Gasteiger partial charge in [-0.25, -0.2) is 9.67 Å². The van der Waals surface area contributed by atoms with Gasteiger partial charge in [0.25, 0.3) is 0 Å². The predicted octanol–water partition coefficient (Wildman–Crippen LogP) is 3.40. The molecule has 25 heavy (non-hydrogen) atoms. The van der Waals surface area contributed by atoms with Gasteiger partial charge in [0, 0.05) is 15.6 Å². The quantitative estimate of drug-likeness (QED) is 0.694. The van der Waals surface area contributed by atoms with Gasteiger partial charge in [0.15, 0.2) is 5.60 Å². The number of hydrogen-bond acceptors (Lipinski definition) is 4. The van der Waals surface area contributed by atoms with Crippen molar-refractivity contribution in [3.63, 3.8) is 0 Å². The Hall–Kier alpha value is -1.92. The van der Waals surface area contributed by atoms with Crippen molar-refractivity contribution in [1.82, 2.24) is 14.8 Å². The summed E-state index contributed by atoms with van der Waals surface area (Å²) in [5.74, 6) is 0. The Bertz CT molecular complexity index is 880. The lowest BCUT2D eigenvalue weighted by atomic mass is 9.77. The normalized spacial score (nSPS) is 21.7. The molecule has 4 rings (SSSR count). The molecule has 1 N–H and O–H groups in total. The van der Waals surface area contributed by atoms with Crippen LogP contribution >= 0.6 is 23.2 Å². The van der Waals surface area contributed by atoms with Gasteiger partial charge in [0.05, 0.1) is 13.2 Å². The van der Waals surface area contributed by atoms with Gasteiger partial charge in [0.2, 0.25) is 0 Å². The molecule has 0 spiro atoms. The highest BCUT2D eigenvalue weighted by Crippen LogP contribution is 2.55. The highest BCUT2D eigenvalue weighted by Gasteiger charge is 2.64. The molecule has 7 heteroatoms. The van der Waals surface area contributed by atoms with Crippen molar-refractivity contribution in [3.05, 3.63) is 82.4 Å². The van der Waals surface area contributed by atoms with Gasteiger partial charge in [0.1, 0.15) is 18.3 Å². The molecule has 0 aliphatic carbocycles. The Balaban J connectivity index is 1.86. The highest BCUT2D eigenvalue weighted by atomic mass is 35.5. The fourth-order valence-corrected chi connectivity index (χ4v) is 3.62. The average Bonchev–Trinajstić information content (AvgIpc) is 3.27. The lowest BCUT2D eigenvalue weighted by molar-refractivity contribution is -0.0633. The predicted molar refractivity (Wildman–Crippen MR) is 94.5 cm³/mol. The third-order valence-electron chi connectivity index (χ3n) is 4.59. The van der Waals surface area contributed by atoms with Crippen molar-refractivity contribution < 1.29 is 9.84 Å². The first-order chi connectivity index (χ1) is 12.1. The summed E-state index contributed by atoms with van der Waals surface area (Å²) in [5, 5.41) is 17.1. The third kappa shape index (κ3) is 2.73. The Morgan fingerprint density at radius 1 is 1.16 bits per heavy atom. The summed E-state index contributed by atoms with van der Waals surface area (Å²) >= 11 is 12.4. The Morgan fingerprint density at radius 3 is 2.48 bits per heavy atom. The topological polar surface area (TPSA) is 63.5 Å². The monoisotopic (exact) mass is 375 g/mol. The van der Waals surface area contributed by atoms with Crippen LogP contribution in [0.2, 0.25) is 10.0 Å². The number of ether oxygens (including phenoxy) is 1. The Labute approximate surface area is 154 Å². The SMILES string of the molecule is OC(Cn1cncn1)(c1ccc(Cl)cc1)C1(c2ccccc2Cl)CO1. The van der Waals surface area contributed by atoms with E-state index in [0.29, 0.717) is 22.2 Å². The molecule has 1 aliphatic heterocycles. The van der Waals surface area contributed by atoms with E-state index in [9.17, 15) is 5.11 Å². The molecule has 0 amide bonds. The van der Waals surface area contributed by atoms with Gasteiger partial charge in [-0.2, -0.15) is 5.10 Å². The molecule has 0 radical (unpaired) electrons. The van der Waals surface area contributed by atoms with Crippen molar-refractivity contribution in [2.24, 2.45) is 0 Å².